The Labute approximate surface area is 480 Å². The molecule has 0 N–H and O–H groups in total. The molecule has 0 fully saturated rings. The summed E-state index contributed by atoms with van der Waals surface area (Å²) in [6.45, 7) is 2.20. The molecule has 0 unspecified atom stereocenters. The molecule has 0 saturated carbocycles. The van der Waals surface area contributed by atoms with E-state index in [1.165, 1.54) is 0 Å². The first-order valence-corrected chi connectivity index (χ1v) is 28.2. The Hall–Kier alpha value is -11.3. The van der Waals surface area contributed by atoms with Gasteiger partial charge < -0.3 is 18.3 Å². The first-order chi connectivity index (χ1) is 41.6. The number of fused-ring (bicyclic) bond motifs is 12. The topological polar surface area (TPSA) is 71.3 Å². The molecule has 0 aliphatic heterocycles. The minimum atomic E-state index is -0.390. The van der Waals surface area contributed by atoms with Gasteiger partial charge in [-0.1, -0.05) is 121 Å². The van der Waals surface area contributed by atoms with Crippen LogP contribution in [0.15, 0.2) is 267 Å². The molecule has 0 spiro atoms. The van der Waals surface area contributed by atoms with E-state index >= 15 is 4.39 Å². The van der Waals surface area contributed by atoms with E-state index in [1.807, 2.05) is 97.6 Å². The van der Waals surface area contributed by atoms with Crippen molar-refractivity contribution < 1.29 is 4.39 Å². The van der Waals surface area contributed by atoms with Crippen LogP contribution in [0.1, 0.15) is 5.56 Å². The highest BCUT2D eigenvalue weighted by Crippen LogP contribution is 2.49. The largest absolute Gasteiger partial charge is 0.307 e. The van der Waals surface area contributed by atoms with E-state index in [0.717, 1.165) is 138 Å². The summed E-state index contributed by atoms with van der Waals surface area (Å²) in [6, 6.07) is 83.9. The molecule has 0 bridgehead atoms. The Morgan fingerprint density at radius 1 is 0.250 bits per heavy atom. The van der Waals surface area contributed by atoms with Gasteiger partial charge in [0.2, 0.25) is 0 Å². The molecular weight excluding hydrogens is 1030 g/mol. The number of aromatic nitrogens is 8. The average Bonchev–Trinajstić information content (AvgIpc) is 1.99. The average molecular weight is 1080 g/mol. The van der Waals surface area contributed by atoms with Gasteiger partial charge in [-0.2, -0.15) is 0 Å². The summed E-state index contributed by atoms with van der Waals surface area (Å²) in [5, 5.41) is 8.07. The van der Waals surface area contributed by atoms with Gasteiger partial charge >= 0.3 is 0 Å². The number of benzene rings is 9. The van der Waals surface area contributed by atoms with E-state index in [1.54, 1.807) is 0 Å². The molecule has 9 aromatic carbocycles. The molecule has 8 heterocycles. The molecular formula is C75H47FN8. The monoisotopic (exact) mass is 1080 g/mol. The Bertz CT molecular complexity index is 4870. The van der Waals surface area contributed by atoms with Crippen LogP contribution in [-0.2, 0) is 0 Å². The SMILES string of the molecule is Cc1c(-n2c3ccc(-c4ccccn4)cc3c3cc(-c4ccccn4)ccc32)c(-n2c3ccccc3c3ccccc32)c(F)c(-n2c3ccccc3c3ccccc32)c1-n1c2ccc(-c3ccccn3)cc2c2cc(-c3ccccn3)ccc21. The van der Waals surface area contributed by atoms with Gasteiger partial charge in [-0.3, -0.25) is 19.9 Å². The molecule has 394 valence electrons. The van der Waals surface area contributed by atoms with Crippen molar-refractivity contribution in [1.82, 2.24) is 38.2 Å². The second-order valence-electron chi connectivity index (χ2n) is 21.5. The Morgan fingerprint density at radius 2 is 0.488 bits per heavy atom. The van der Waals surface area contributed by atoms with E-state index in [4.69, 9.17) is 19.9 Å². The summed E-state index contributed by atoms with van der Waals surface area (Å²) < 4.78 is 30.0. The molecule has 17 rings (SSSR count). The van der Waals surface area contributed by atoms with Crippen molar-refractivity contribution in [3.63, 3.8) is 0 Å². The van der Waals surface area contributed by atoms with Crippen LogP contribution in [0.5, 0.6) is 0 Å². The zero-order chi connectivity index (χ0) is 55.6. The third kappa shape index (κ3) is 7.05. The third-order valence-corrected chi connectivity index (χ3v) is 17.0. The highest BCUT2D eigenvalue weighted by Gasteiger charge is 2.34. The van der Waals surface area contributed by atoms with E-state index in [0.29, 0.717) is 22.7 Å². The Balaban J connectivity index is 1.10. The zero-order valence-corrected chi connectivity index (χ0v) is 45.4. The number of hydrogen-bond donors (Lipinski definition) is 0. The van der Waals surface area contributed by atoms with Crippen LogP contribution in [0.3, 0.4) is 0 Å². The van der Waals surface area contributed by atoms with Gasteiger partial charge in [-0.15, -0.1) is 0 Å². The predicted octanol–water partition coefficient (Wildman–Crippen LogP) is 18.8. The molecule has 84 heavy (non-hydrogen) atoms. The fourth-order valence-electron chi connectivity index (χ4n) is 13.4. The summed E-state index contributed by atoms with van der Waals surface area (Å²) in [7, 11) is 0. The lowest BCUT2D eigenvalue weighted by Crippen LogP contribution is -2.16. The fraction of sp³-hybridized carbons (Fsp3) is 0.0133. The molecule has 0 amide bonds. The van der Waals surface area contributed by atoms with E-state index in [9.17, 15) is 0 Å². The number of para-hydroxylation sites is 4. The lowest BCUT2D eigenvalue weighted by Gasteiger charge is -2.27. The number of halogens is 1. The van der Waals surface area contributed by atoms with Crippen molar-refractivity contribution in [2.75, 3.05) is 0 Å². The van der Waals surface area contributed by atoms with Crippen LogP contribution >= 0.6 is 0 Å². The summed E-state index contributed by atoms with van der Waals surface area (Å²) >= 11 is 0. The summed E-state index contributed by atoms with van der Waals surface area (Å²) in [4.78, 5) is 19.3. The maximum absolute atomic E-state index is 21.0. The van der Waals surface area contributed by atoms with Crippen LogP contribution in [0.2, 0.25) is 0 Å². The van der Waals surface area contributed by atoms with Crippen LogP contribution in [0.25, 0.3) is 155 Å². The van der Waals surface area contributed by atoms with Crippen molar-refractivity contribution in [1.29, 1.82) is 0 Å². The fourth-order valence-corrected chi connectivity index (χ4v) is 13.4. The van der Waals surface area contributed by atoms with Gasteiger partial charge in [0.25, 0.3) is 0 Å². The number of nitrogens with zero attached hydrogens (tertiary/aromatic N) is 8. The second-order valence-corrected chi connectivity index (χ2v) is 21.5. The smallest absolute Gasteiger partial charge is 0.175 e. The van der Waals surface area contributed by atoms with Gasteiger partial charge in [0, 0.05) is 95.7 Å². The quantitative estimate of drug-likeness (QED) is 0.152. The molecule has 0 radical (unpaired) electrons. The van der Waals surface area contributed by atoms with Gasteiger partial charge in [0.1, 0.15) is 11.4 Å². The van der Waals surface area contributed by atoms with E-state index in [-0.39, 0.29) is 5.82 Å². The number of hydrogen-bond acceptors (Lipinski definition) is 4. The molecule has 9 heteroatoms. The standard InChI is InChI=1S/C75H47FN8/c1-46-72(81-67-34-30-47(59-22-10-14-38-77-59)42-55(67)56-43-48(31-35-68(56)81)60-23-11-15-39-78-60)74(83-63-26-6-2-18-51(63)52-19-3-7-27-64(52)83)71(76)75(84-65-28-8-4-20-53(65)54-21-5-9-29-66(54)84)73(46)82-69-36-32-49(61-24-12-16-40-79-61)44-57(69)58-45-50(33-37-70(58)82)62-25-13-17-41-80-62/h2-45H,1H3. The minimum absolute atomic E-state index is 0.390. The minimum Gasteiger partial charge on any atom is -0.307 e. The zero-order valence-electron chi connectivity index (χ0n) is 45.4. The number of rotatable bonds is 8. The van der Waals surface area contributed by atoms with Gasteiger partial charge in [-0.25, -0.2) is 4.39 Å². The normalized spacial score (nSPS) is 11.9. The van der Waals surface area contributed by atoms with Crippen molar-refractivity contribution in [2.24, 2.45) is 0 Å². The summed E-state index contributed by atoms with van der Waals surface area (Å²) in [5.41, 5.74) is 17.6. The molecule has 8 aromatic heterocycles. The summed E-state index contributed by atoms with van der Waals surface area (Å²) in [5.74, 6) is -0.390. The van der Waals surface area contributed by atoms with E-state index < -0.39 is 0 Å². The van der Waals surface area contributed by atoms with Gasteiger partial charge in [-0.05, 0) is 128 Å². The van der Waals surface area contributed by atoms with Crippen LogP contribution < -0.4 is 0 Å². The Kier molecular flexibility index (Phi) is 10.5. The highest BCUT2D eigenvalue weighted by molar-refractivity contribution is 6.16. The molecule has 0 saturated heterocycles. The molecule has 0 atom stereocenters. The van der Waals surface area contributed by atoms with Gasteiger partial charge in [0.05, 0.1) is 78.3 Å². The first-order valence-electron chi connectivity index (χ1n) is 28.2. The highest BCUT2D eigenvalue weighted by atomic mass is 19.1. The van der Waals surface area contributed by atoms with Crippen molar-refractivity contribution in [3.8, 4) is 67.8 Å². The van der Waals surface area contributed by atoms with Crippen molar-refractivity contribution >= 4 is 87.2 Å². The number of pyridine rings is 4. The predicted molar refractivity (Wildman–Crippen MR) is 341 cm³/mol. The molecule has 0 aliphatic rings. The third-order valence-electron chi connectivity index (χ3n) is 17.0. The van der Waals surface area contributed by atoms with Crippen molar-refractivity contribution in [2.45, 2.75) is 6.92 Å². The van der Waals surface area contributed by atoms with Crippen LogP contribution in [0.4, 0.5) is 4.39 Å². The Morgan fingerprint density at radius 3 is 0.750 bits per heavy atom. The van der Waals surface area contributed by atoms with Crippen LogP contribution in [0, 0.1) is 12.7 Å². The maximum atomic E-state index is 21.0. The molecule has 17 aromatic rings. The van der Waals surface area contributed by atoms with Crippen LogP contribution in [-0.4, -0.2) is 38.2 Å². The van der Waals surface area contributed by atoms with Gasteiger partial charge in [0.15, 0.2) is 5.82 Å². The van der Waals surface area contributed by atoms with Crippen molar-refractivity contribution in [3.05, 3.63) is 279 Å². The first kappa shape index (κ1) is 47.5. The van der Waals surface area contributed by atoms with E-state index in [2.05, 4.69) is 195 Å². The lowest BCUT2D eigenvalue weighted by molar-refractivity contribution is 0.611. The summed E-state index contributed by atoms with van der Waals surface area (Å²) in [6.07, 6.45) is 7.33. The molecule has 0 aliphatic carbocycles. The maximum Gasteiger partial charge on any atom is 0.175 e. The second kappa shape index (κ2) is 18.6. The lowest BCUT2D eigenvalue weighted by atomic mass is 10.0. The molecule has 8 nitrogen and oxygen atoms in total.